The maximum Gasteiger partial charge on any atom is 0.352 e. The molecule has 0 spiro atoms. The normalized spacial score (nSPS) is 10.0. The number of rotatable bonds is 5. The lowest BCUT2D eigenvalue weighted by Gasteiger charge is -2.05. The Labute approximate surface area is 104 Å². The minimum Gasteiger partial charge on any atom is -0.351 e. The van der Waals surface area contributed by atoms with Crippen molar-refractivity contribution in [3.8, 4) is 0 Å². The standard InChI is InChI=1S/C12H13N5O/c1-2-5-14-11-15-9-17(12(18)16-11)8-10-4-3-6-13-7-10/h2-4,6-7,9H,1,5,8H2,(H,14,16,18). The Hall–Kier alpha value is -2.50. The lowest BCUT2D eigenvalue weighted by atomic mass is 10.3. The van der Waals surface area contributed by atoms with Crippen molar-refractivity contribution in [3.05, 3.63) is 59.6 Å². The molecule has 6 nitrogen and oxygen atoms in total. The van der Waals surface area contributed by atoms with Crippen LogP contribution in [0.3, 0.4) is 0 Å². The van der Waals surface area contributed by atoms with Gasteiger partial charge in [-0.15, -0.1) is 6.58 Å². The van der Waals surface area contributed by atoms with Gasteiger partial charge in [-0.3, -0.25) is 9.55 Å². The minimum absolute atomic E-state index is 0.308. The van der Waals surface area contributed by atoms with Gasteiger partial charge in [-0.25, -0.2) is 9.78 Å². The lowest BCUT2D eigenvalue weighted by Crippen LogP contribution is -2.25. The second-order valence-corrected chi connectivity index (χ2v) is 3.62. The van der Waals surface area contributed by atoms with Crippen LogP contribution in [0, 0.1) is 0 Å². The van der Waals surface area contributed by atoms with Crippen LogP contribution in [0.4, 0.5) is 5.95 Å². The first-order valence-electron chi connectivity index (χ1n) is 5.47. The van der Waals surface area contributed by atoms with Gasteiger partial charge in [-0.1, -0.05) is 12.1 Å². The van der Waals surface area contributed by atoms with E-state index in [0.717, 1.165) is 5.56 Å². The summed E-state index contributed by atoms with van der Waals surface area (Å²) in [4.78, 5) is 23.6. The van der Waals surface area contributed by atoms with Gasteiger partial charge in [0.1, 0.15) is 6.33 Å². The first kappa shape index (κ1) is 12.0. The minimum atomic E-state index is -0.347. The van der Waals surface area contributed by atoms with E-state index < -0.39 is 0 Å². The van der Waals surface area contributed by atoms with E-state index in [2.05, 4.69) is 26.8 Å². The molecule has 0 aliphatic heterocycles. The second-order valence-electron chi connectivity index (χ2n) is 3.62. The molecule has 0 saturated heterocycles. The molecule has 0 bridgehead atoms. The van der Waals surface area contributed by atoms with E-state index in [1.807, 2.05) is 12.1 Å². The zero-order valence-electron chi connectivity index (χ0n) is 9.78. The van der Waals surface area contributed by atoms with Crippen molar-refractivity contribution in [3.63, 3.8) is 0 Å². The molecule has 2 aromatic heterocycles. The first-order chi connectivity index (χ1) is 8.79. The predicted molar refractivity (Wildman–Crippen MR) is 68.3 cm³/mol. The van der Waals surface area contributed by atoms with E-state index in [9.17, 15) is 4.79 Å². The molecule has 2 heterocycles. The summed E-state index contributed by atoms with van der Waals surface area (Å²) in [7, 11) is 0. The Kier molecular flexibility index (Phi) is 3.80. The molecule has 92 valence electrons. The molecule has 0 atom stereocenters. The average molecular weight is 243 g/mol. The van der Waals surface area contributed by atoms with Crippen LogP contribution in [0.25, 0.3) is 0 Å². The van der Waals surface area contributed by atoms with Crippen LogP contribution in [0.1, 0.15) is 5.56 Å². The number of nitrogens with one attached hydrogen (secondary N) is 1. The first-order valence-corrected chi connectivity index (χ1v) is 5.47. The molecule has 0 unspecified atom stereocenters. The molecule has 0 saturated carbocycles. The van der Waals surface area contributed by atoms with Gasteiger partial charge >= 0.3 is 5.69 Å². The van der Waals surface area contributed by atoms with E-state index in [1.165, 1.54) is 10.9 Å². The molecule has 0 fully saturated rings. The number of hydrogen-bond acceptors (Lipinski definition) is 5. The predicted octanol–water partition coefficient (Wildman–Crippen LogP) is 0.679. The molecule has 18 heavy (non-hydrogen) atoms. The molecule has 0 radical (unpaired) electrons. The summed E-state index contributed by atoms with van der Waals surface area (Å²) in [5, 5.41) is 2.86. The average Bonchev–Trinajstić information content (AvgIpc) is 2.40. The van der Waals surface area contributed by atoms with Crippen molar-refractivity contribution in [2.75, 3.05) is 11.9 Å². The number of nitrogens with zero attached hydrogens (tertiary/aromatic N) is 4. The summed E-state index contributed by atoms with van der Waals surface area (Å²) < 4.78 is 1.43. The van der Waals surface area contributed by atoms with Crippen LogP contribution in [0.15, 0.2) is 48.3 Å². The Morgan fingerprint density at radius 2 is 2.39 bits per heavy atom. The van der Waals surface area contributed by atoms with Crippen molar-refractivity contribution in [1.29, 1.82) is 0 Å². The van der Waals surface area contributed by atoms with E-state index in [4.69, 9.17) is 0 Å². The Morgan fingerprint density at radius 1 is 1.50 bits per heavy atom. The van der Waals surface area contributed by atoms with Crippen molar-refractivity contribution in [2.24, 2.45) is 0 Å². The molecule has 2 aromatic rings. The second kappa shape index (κ2) is 5.72. The van der Waals surface area contributed by atoms with Crippen molar-refractivity contribution < 1.29 is 0 Å². The number of pyridine rings is 1. The van der Waals surface area contributed by atoms with Crippen molar-refractivity contribution in [2.45, 2.75) is 6.54 Å². The van der Waals surface area contributed by atoms with Gasteiger partial charge < -0.3 is 5.32 Å². The Bertz CT molecular complexity index is 579. The number of aromatic nitrogens is 4. The third-order valence-corrected chi connectivity index (χ3v) is 2.25. The van der Waals surface area contributed by atoms with Crippen LogP contribution >= 0.6 is 0 Å². The topological polar surface area (TPSA) is 72.7 Å². The molecule has 2 rings (SSSR count). The summed E-state index contributed by atoms with van der Waals surface area (Å²) in [6.07, 6.45) is 6.53. The summed E-state index contributed by atoms with van der Waals surface area (Å²) >= 11 is 0. The van der Waals surface area contributed by atoms with Gasteiger partial charge in [0.15, 0.2) is 0 Å². The van der Waals surface area contributed by atoms with E-state index in [1.54, 1.807) is 18.5 Å². The quantitative estimate of drug-likeness (QED) is 0.782. The molecule has 0 amide bonds. The van der Waals surface area contributed by atoms with Crippen molar-refractivity contribution >= 4 is 5.95 Å². The molecular weight excluding hydrogens is 230 g/mol. The third-order valence-electron chi connectivity index (χ3n) is 2.25. The van der Waals surface area contributed by atoms with Crippen LogP contribution in [0.2, 0.25) is 0 Å². The molecule has 0 aliphatic carbocycles. The highest BCUT2D eigenvalue weighted by Gasteiger charge is 2.01. The molecular formula is C12H13N5O. The van der Waals surface area contributed by atoms with Crippen molar-refractivity contribution in [1.82, 2.24) is 19.5 Å². The fourth-order valence-electron chi connectivity index (χ4n) is 1.40. The van der Waals surface area contributed by atoms with Crippen LogP contribution in [-0.2, 0) is 6.54 Å². The third kappa shape index (κ3) is 3.00. The smallest absolute Gasteiger partial charge is 0.351 e. The summed E-state index contributed by atoms with van der Waals surface area (Å²) in [5.74, 6) is 0.308. The summed E-state index contributed by atoms with van der Waals surface area (Å²) in [6.45, 7) is 4.49. The monoisotopic (exact) mass is 243 g/mol. The Morgan fingerprint density at radius 3 is 3.06 bits per heavy atom. The molecule has 0 aliphatic rings. The summed E-state index contributed by atoms with van der Waals surface area (Å²) in [5.41, 5.74) is 0.579. The van der Waals surface area contributed by atoms with Gasteiger partial charge in [-0.2, -0.15) is 4.98 Å². The lowest BCUT2D eigenvalue weighted by molar-refractivity contribution is 0.700. The largest absolute Gasteiger partial charge is 0.352 e. The van der Waals surface area contributed by atoms with Crippen LogP contribution in [-0.4, -0.2) is 26.1 Å². The highest BCUT2D eigenvalue weighted by Crippen LogP contribution is 1.98. The van der Waals surface area contributed by atoms with E-state index >= 15 is 0 Å². The number of anilines is 1. The highest BCUT2D eigenvalue weighted by atomic mass is 16.1. The zero-order valence-corrected chi connectivity index (χ0v) is 9.78. The van der Waals surface area contributed by atoms with Gasteiger partial charge in [0.2, 0.25) is 5.95 Å². The van der Waals surface area contributed by atoms with Crippen LogP contribution < -0.4 is 11.0 Å². The maximum atomic E-state index is 11.7. The fraction of sp³-hybridized carbons (Fsp3) is 0.167. The highest BCUT2D eigenvalue weighted by molar-refractivity contribution is 5.22. The van der Waals surface area contributed by atoms with E-state index in [-0.39, 0.29) is 5.69 Å². The van der Waals surface area contributed by atoms with Gasteiger partial charge in [0.25, 0.3) is 0 Å². The maximum absolute atomic E-state index is 11.7. The van der Waals surface area contributed by atoms with E-state index in [0.29, 0.717) is 19.0 Å². The summed E-state index contributed by atoms with van der Waals surface area (Å²) in [6, 6.07) is 3.71. The molecule has 6 heteroatoms. The number of hydrogen-bond donors (Lipinski definition) is 1. The van der Waals surface area contributed by atoms with Gasteiger partial charge in [0.05, 0.1) is 6.54 Å². The fourth-order valence-corrected chi connectivity index (χ4v) is 1.40. The SMILES string of the molecule is C=CCNc1ncn(Cc2cccnc2)c(=O)n1. The Balaban J connectivity index is 2.15. The zero-order chi connectivity index (χ0) is 12.8. The van der Waals surface area contributed by atoms with Crippen LogP contribution in [0.5, 0.6) is 0 Å². The molecule has 1 N–H and O–H groups in total. The van der Waals surface area contributed by atoms with Gasteiger partial charge in [-0.05, 0) is 11.6 Å². The van der Waals surface area contributed by atoms with Gasteiger partial charge in [0, 0.05) is 18.9 Å². The molecule has 0 aromatic carbocycles.